The molecule has 4 heterocycles. The minimum atomic E-state index is -0.291. The van der Waals surface area contributed by atoms with Crippen LogP contribution in [0, 0.1) is 6.92 Å². The van der Waals surface area contributed by atoms with Crippen LogP contribution in [0.4, 0.5) is 5.69 Å². The number of phenols is 1. The van der Waals surface area contributed by atoms with Crippen LogP contribution in [0.1, 0.15) is 53.6 Å². The van der Waals surface area contributed by atoms with Crippen molar-refractivity contribution >= 4 is 28.0 Å². The SMILES string of the molecule is COc1cc(-c2nc(C3CCC(N4CCN(C)CC4)CC3)n3ccnc(C)c23)ccc1NC(=O)c1cc2c(O)cccc2n1C. The minimum Gasteiger partial charge on any atom is -0.507 e. The van der Waals surface area contributed by atoms with Gasteiger partial charge in [0, 0.05) is 68.5 Å². The summed E-state index contributed by atoms with van der Waals surface area (Å²) in [6.07, 6.45) is 8.53. The van der Waals surface area contributed by atoms with E-state index in [-0.39, 0.29) is 11.7 Å². The fraction of sp³-hybridized carbons (Fsp3) is 0.400. The standard InChI is InChI=1S/C35H41N7O3/c1-22-33-32(38-34(42(33)15-14-36-22)23-8-11-25(12-9-23)41-18-16-39(2)17-19-41)24-10-13-27(31(20-24)45-4)37-35(44)29-21-26-28(40(29)3)6-5-7-30(26)43/h5-7,10,13-15,20-21,23,25,43H,8-9,11-12,16-19H2,1-4H3,(H,37,44). The number of aromatic nitrogens is 4. The molecule has 10 heteroatoms. The number of nitrogens with one attached hydrogen (secondary N) is 1. The van der Waals surface area contributed by atoms with Crippen molar-refractivity contribution in [3.8, 4) is 22.8 Å². The van der Waals surface area contributed by atoms with Gasteiger partial charge in [-0.05, 0) is 70.0 Å². The third-order valence-corrected chi connectivity index (χ3v) is 9.90. The fourth-order valence-electron chi connectivity index (χ4n) is 7.29. The molecule has 10 nitrogen and oxygen atoms in total. The smallest absolute Gasteiger partial charge is 0.272 e. The fourth-order valence-corrected chi connectivity index (χ4v) is 7.29. The molecule has 234 valence electrons. The maximum absolute atomic E-state index is 13.4. The molecular formula is C35H41N7O3. The van der Waals surface area contributed by atoms with Gasteiger partial charge in [0.15, 0.2) is 0 Å². The minimum absolute atomic E-state index is 0.142. The van der Waals surface area contributed by atoms with Crippen molar-refractivity contribution in [2.45, 2.75) is 44.6 Å². The number of carbonyl (C=O) groups is 1. The molecule has 1 aliphatic carbocycles. The van der Waals surface area contributed by atoms with E-state index in [9.17, 15) is 9.90 Å². The Balaban J connectivity index is 1.16. The predicted molar refractivity (Wildman–Crippen MR) is 176 cm³/mol. The summed E-state index contributed by atoms with van der Waals surface area (Å²) in [5, 5.41) is 13.9. The number of benzene rings is 2. The number of hydrogen-bond donors (Lipinski definition) is 2. The number of likely N-dealkylation sites (N-methyl/N-ethyl adjacent to an activating group) is 1. The quantitative estimate of drug-likeness (QED) is 0.265. The van der Waals surface area contributed by atoms with Crippen LogP contribution in [-0.2, 0) is 7.05 Å². The largest absolute Gasteiger partial charge is 0.507 e. The summed E-state index contributed by atoms with van der Waals surface area (Å²) in [6.45, 7) is 6.66. The summed E-state index contributed by atoms with van der Waals surface area (Å²) in [5.74, 6) is 1.87. The number of methoxy groups -OCH3 is 1. The molecule has 2 N–H and O–H groups in total. The van der Waals surface area contributed by atoms with Gasteiger partial charge in [-0.3, -0.25) is 19.1 Å². The number of piperazine rings is 1. The number of ether oxygens (including phenoxy) is 1. The van der Waals surface area contributed by atoms with Crippen molar-refractivity contribution in [1.82, 2.24) is 28.7 Å². The molecule has 1 aliphatic heterocycles. The molecular weight excluding hydrogens is 566 g/mol. The van der Waals surface area contributed by atoms with Crippen molar-refractivity contribution in [2.75, 3.05) is 45.7 Å². The average molecular weight is 608 g/mol. The monoisotopic (exact) mass is 607 g/mol. The molecule has 3 aromatic heterocycles. The Morgan fingerprint density at radius 2 is 1.80 bits per heavy atom. The first-order chi connectivity index (χ1) is 21.8. The molecule has 0 radical (unpaired) electrons. The van der Waals surface area contributed by atoms with Crippen LogP contribution in [0.15, 0.2) is 54.9 Å². The van der Waals surface area contributed by atoms with E-state index in [0.29, 0.717) is 34.5 Å². The first-order valence-corrected chi connectivity index (χ1v) is 15.9. The second-order valence-corrected chi connectivity index (χ2v) is 12.6. The third kappa shape index (κ3) is 5.32. The second-order valence-electron chi connectivity index (χ2n) is 12.6. The molecule has 1 amide bonds. The first-order valence-electron chi connectivity index (χ1n) is 15.9. The number of hydrogen-bond acceptors (Lipinski definition) is 7. The maximum Gasteiger partial charge on any atom is 0.272 e. The zero-order valence-corrected chi connectivity index (χ0v) is 26.5. The molecule has 45 heavy (non-hydrogen) atoms. The van der Waals surface area contributed by atoms with Crippen LogP contribution in [-0.4, -0.2) is 86.1 Å². The molecule has 0 spiro atoms. The number of nitrogens with zero attached hydrogens (tertiary/aromatic N) is 6. The van der Waals surface area contributed by atoms with Gasteiger partial charge >= 0.3 is 0 Å². The number of aryl methyl sites for hydroxylation is 2. The van der Waals surface area contributed by atoms with Crippen molar-refractivity contribution < 1.29 is 14.6 Å². The number of amides is 1. The third-order valence-electron chi connectivity index (χ3n) is 9.90. The van der Waals surface area contributed by atoms with Gasteiger partial charge in [-0.25, -0.2) is 4.98 Å². The Morgan fingerprint density at radius 3 is 2.53 bits per heavy atom. The highest BCUT2D eigenvalue weighted by molar-refractivity contribution is 6.08. The molecule has 7 rings (SSSR count). The molecule has 0 bridgehead atoms. The van der Waals surface area contributed by atoms with E-state index in [0.717, 1.165) is 72.8 Å². The van der Waals surface area contributed by atoms with E-state index in [1.807, 2.05) is 50.6 Å². The Hall–Kier alpha value is -4.41. The van der Waals surface area contributed by atoms with Crippen LogP contribution in [0.2, 0.25) is 0 Å². The van der Waals surface area contributed by atoms with Gasteiger partial charge in [-0.15, -0.1) is 0 Å². The van der Waals surface area contributed by atoms with Gasteiger partial charge in [0.1, 0.15) is 23.0 Å². The maximum atomic E-state index is 13.4. The molecule has 2 aliphatic rings. The lowest BCUT2D eigenvalue weighted by atomic mass is 9.84. The van der Waals surface area contributed by atoms with Crippen molar-refractivity contribution in [2.24, 2.45) is 7.05 Å². The van der Waals surface area contributed by atoms with E-state index in [1.165, 1.54) is 12.8 Å². The normalized spacial score (nSPS) is 19.7. The van der Waals surface area contributed by atoms with Crippen molar-refractivity contribution in [1.29, 1.82) is 0 Å². The molecule has 0 atom stereocenters. The second kappa shape index (κ2) is 11.8. The Kier molecular flexibility index (Phi) is 7.71. The molecule has 1 saturated carbocycles. The topological polar surface area (TPSA) is 100 Å². The summed E-state index contributed by atoms with van der Waals surface area (Å²) in [6, 6.07) is 13.4. The van der Waals surface area contributed by atoms with Crippen molar-refractivity contribution in [3.63, 3.8) is 0 Å². The first kappa shape index (κ1) is 29.3. The lowest BCUT2D eigenvalue weighted by Crippen LogP contribution is -2.49. The van der Waals surface area contributed by atoms with E-state index >= 15 is 0 Å². The summed E-state index contributed by atoms with van der Waals surface area (Å²) in [5.41, 5.74) is 5.48. The molecule has 0 unspecified atom stereocenters. The number of anilines is 1. The van der Waals surface area contributed by atoms with E-state index in [4.69, 9.17) is 9.72 Å². The van der Waals surface area contributed by atoms with E-state index in [1.54, 1.807) is 29.9 Å². The number of fused-ring (bicyclic) bond motifs is 2. The van der Waals surface area contributed by atoms with Gasteiger partial charge in [0.05, 0.1) is 35.2 Å². The van der Waals surface area contributed by atoms with Crippen LogP contribution in [0.3, 0.4) is 0 Å². The van der Waals surface area contributed by atoms with E-state index < -0.39 is 0 Å². The summed E-state index contributed by atoms with van der Waals surface area (Å²) in [4.78, 5) is 28.4. The zero-order chi connectivity index (χ0) is 31.2. The lowest BCUT2D eigenvalue weighted by molar-refractivity contribution is 0.0872. The number of phenolic OH excluding ortho intramolecular Hbond substituents is 1. The Bertz CT molecular complexity index is 1880. The van der Waals surface area contributed by atoms with Crippen LogP contribution in [0.5, 0.6) is 11.5 Å². The Labute approximate surface area is 263 Å². The molecule has 1 saturated heterocycles. The number of aromatic hydroxyl groups is 1. The van der Waals surface area contributed by atoms with Crippen molar-refractivity contribution in [3.05, 3.63) is 72.1 Å². The zero-order valence-electron chi connectivity index (χ0n) is 26.5. The summed E-state index contributed by atoms with van der Waals surface area (Å²) < 4.78 is 9.78. The number of imidazole rings is 1. The molecule has 2 aromatic carbocycles. The van der Waals surface area contributed by atoms with Gasteiger partial charge < -0.3 is 24.6 Å². The summed E-state index contributed by atoms with van der Waals surface area (Å²) in [7, 11) is 5.63. The Morgan fingerprint density at radius 1 is 1.02 bits per heavy atom. The highest BCUT2D eigenvalue weighted by Crippen LogP contribution is 2.39. The van der Waals surface area contributed by atoms with Crippen LogP contribution in [0.25, 0.3) is 27.7 Å². The molecule has 2 fully saturated rings. The summed E-state index contributed by atoms with van der Waals surface area (Å²) >= 11 is 0. The average Bonchev–Trinajstić information content (AvgIpc) is 3.62. The number of rotatable bonds is 6. The highest BCUT2D eigenvalue weighted by atomic mass is 16.5. The van der Waals surface area contributed by atoms with Crippen LogP contribution < -0.4 is 10.1 Å². The lowest BCUT2D eigenvalue weighted by Gasteiger charge is -2.41. The van der Waals surface area contributed by atoms with Gasteiger partial charge in [-0.1, -0.05) is 12.1 Å². The highest BCUT2D eigenvalue weighted by Gasteiger charge is 2.31. The molecule has 5 aromatic rings. The van der Waals surface area contributed by atoms with Gasteiger partial charge in [0.2, 0.25) is 0 Å². The van der Waals surface area contributed by atoms with E-state index in [2.05, 4.69) is 31.5 Å². The predicted octanol–water partition coefficient (Wildman–Crippen LogP) is 5.44. The van der Waals surface area contributed by atoms with Crippen LogP contribution >= 0.6 is 0 Å². The van der Waals surface area contributed by atoms with Gasteiger partial charge in [0.25, 0.3) is 5.91 Å². The van der Waals surface area contributed by atoms with Gasteiger partial charge in [-0.2, -0.15) is 0 Å². The number of carbonyl (C=O) groups excluding carboxylic acids is 1.